The Bertz CT molecular complexity index is 624. The van der Waals surface area contributed by atoms with Gasteiger partial charge in [0.1, 0.15) is 5.60 Å². The van der Waals surface area contributed by atoms with Crippen LogP contribution in [0.5, 0.6) is 0 Å². The minimum atomic E-state index is -1.25. The van der Waals surface area contributed by atoms with E-state index in [9.17, 15) is 24.8 Å². The van der Waals surface area contributed by atoms with Crippen LogP contribution in [0.15, 0.2) is 18.2 Å². The van der Waals surface area contributed by atoms with Crippen molar-refractivity contribution in [2.75, 3.05) is 18.4 Å². The van der Waals surface area contributed by atoms with Crippen molar-refractivity contribution in [3.8, 4) is 0 Å². The van der Waals surface area contributed by atoms with E-state index < -0.39 is 29.1 Å². The van der Waals surface area contributed by atoms with Gasteiger partial charge in [0.05, 0.1) is 5.56 Å². The number of carbonyl (C=O) groups excluding carboxylic acids is 1. The predicted molar refractivity (Wildman–Crippen MR) is 86.8 cm³/mol. The summed E-state index contributed by atoms with van der Waals surface area (Å²) < 4.78 is 5.07. The smallest absolute Gasteiger partial charge is 0.407 e. The van der Waals surface area contributed by atoms with Gasteiger partial charge in [-0.3, -0.25) is 10.1 Å². The average Bonchev–Trinajstić information content (AvgIpc) is 2.40. The van der Waals surface area contributed by atoms with Crippen molar-refractivity contribution in [1.82, 2.24) is 5.32 Å². The number of nitrogens with zero attached hydrogens (tertiary/aromatic N) is 1. The molecule has 0 spiro atoms. The number of benzene rings is 1. The number of nitrogens with one attached hydrogen (secondary N) is 2. The molecule has 1 rings (SSSR count). The summed E-state index contributed by atoms with van der Waals surface area (Å²) in [6.45, 7) is 5.09. The Morgan fingerprint density at radius 2 is 1.96 bits per heavy atom. The Morgan fingerprint density at radius 1 is 1.29 bits per heavy atom. The van der Waals surface area contributed by atoms with Crippen LogP contribution >= 0.6 is 0 Å². The molecule has 1 amide bonds. The molecular weight excluding hydrogens is 318 g/mol. The number of carbonyl (C=O) groups is 2. The maximum absolute atomic E-state index is 11.5. The van der Waals surface area contributed by atoms with E-state index >= 15 is 0 Å². The molecule has 3 N–H and O–H groups in total. The minimum Gasteiger partial charge on any atom is -0.478 e. The first kappa shape index (κ1) is 19.2. The van der Waals surface area contributed by atoms with Crippen molar-refractivity contribution in [1.29, 1.82) is 0 Å². The number of alkyl carbamates (subject to hydrolysis) is 1. The van der Waals surface area contributed by atoms with Crippen LogP contribution in [0.2, 0.25) is 0 Å². The fourth-order valence-corrected chi connectivity index (χ4v) is 1.95. The number of ether oxygens (including phenoxy) is 1. The fraction of sp³-hybridized carbons (Fsp3) is 0.467. The third-order valence-electron chi connectivity index (χ3n) is 2.77. The van der Waals surface area contributed by atoms with Gasteiger partial charge in [-0.25, -0.2) is 9.59 Å². The lowest BCUT2D eigenvalue weighted by molar-refractivity contribution is -0.496. The van der Waals surface area contributed by atoms with Gasteiger partial charge in [-0.2, -0.15) is 0 Å². The number of carboxylic acid groups (broad SMARTS) is 1. The molecule has 0 aliphatic heterocycles. The number of hydrogen-bond acceptors (Lipinski definition) is 6. The maximum atomic E-state index is 11.5. The summed E-state index contributed by atoms with van der Waals surface area (Å²) >= 11 is 0. The molecule has 9 nitrogen and oxygen atoms in total. The van der Waals surface area contributed by atoms with Gasteiger partial charge >= 0.3 is 12.1 Å². The molecule has 0 bridgehead atoms. The lowest BCUT2D eigenvalue weighted by atomic mass is 10.1. The first-order chi connectivity index (χ1) is 11.1. The van der Waals surface area contributed by atoms with E-state index in [1.54, 1.807) is 20.8 Å². The van der Waals surface area contributed by atoms with Gasteiger partial charge in [0.2, 0.25) is 6.54 Å². The molecule has 0 radical (unpaired) electrons. The topological polar surface area (TPSA) is 131 Å². The Hall–Kier alpha value is -2.84. The highest BCUT2D eigenvalue weighted by Gasteiger charge is 2.19. The van der Waals surface area contributed by atoms with Gasteiger partial charge in [0.25, 0.3) is 0 Å². The molecule has 0 fully saturated rings. The molecule has 132 valence electrons. The van der Waals surface area contributed by atoms with Crippen LogP contribution in [0.1, 0.15) is 36.7 Å². The first-order valence-electron chi connectivity index (χ1n) is 7.28. The minimum absolute atomic E-state index is 0.109. The third-order valence-corrected chi connectivity index (χ3v) is 2.77. The Kier molecular flexibility index (Phi) is 6.51. The van der Waals surface area contributed by atoms with E-state index in [1.165, 1.54) is 18.2 Å². The van der Waals surface area contributed by atoms with E-state index in [2.05, 4.69) is 10.6 Å². The number of amides is 1. The highest BCUT2D eigenvalue weighted by Crippen LogP contribution is 2.20. The first-order valence-corrected chi connectivity index (χ1v) is 7.28. The van der Waals surface area contributed by atoms with E-state index in [0.29, 0.717) is 0 Å². The van der Waals surface area contributed by atoms with Crippen molar-refractivity contribution < 1.29 is 24.4 Å². The lowest BCUT2D eigenvalue weighted by Gasteiger charge is -2.20. The molecule has 9 heteroatoms. The van der Waals surface area contributed by atoms with Crippen LogP contribution in [-0.4, -0.2) is 40.8 Å². The monoisotopic (exact) mass is 339 g/mol. The summed E-state index contributed by atoms with van der Waals surface area (Å²) in [6.07, 6.45) is -0.579. The number of hydrogen-bond donors (Lipinski definition) is 3. The SMILES string of the molecule is CC(C)(C)OC(=O)NCCNc1cccc(C[N+](=O)[O-])c1C(=O)O. The highest BCUT2D eigenvalue weighted by atomic mass is 16.6. The molecule has 0 unspecified atom stereocenters. The van der Waals surface area contributed by atoms with Crippen LogP contribution in [0.25, 0.3) is 0 Å². The quantitative estimate of drug-likeness (QED) is 0.394. The fourth-order valence-electron chi connectivity index (χ4n) is 1.95. The number of aromatic carboxylic acids is 1. The molecule has 0 aliphatic rings. The van der Waals surface area contributed by atoms with Crippen molar-refractivity contribution in [3.05, 3.63) is 39.4 Å². The zero-order valence-corrected chi connectivity index (χ0v) is 13.8. The Morgan fingerprint density at radius 3 is 2.50 bits per heavy atom. The second kappa shape index (κ2) is 8.14. The molecule has 0 aliphatic carbocycles. The van der Waals surface area contributed by atoms with Crippen LogP contribution in [0, 0.1) is 10.1 Å². The molecule has 0 heterocycles. The number of nitro groups is 1. The molecule has 24 heavy (non-hydrogen) atoms. The van der Waals surface area contributed by atoms with Crippen molar-refractivity contribution >= 4 is 17.7 Å². The third kappa shape index (κ3) is 6.51. The summed E-state index contributed by atoms with van der Waals surface area (Å²) in [5.41, 5.74) is -0.387. The van der Waals surface area contributed by atoms with Crippen LogP contribution in [0.3, 0.4) is 0 Å². The summed E-state index contributed by atoms with van der Waals surface area (Å²) in [7, 11) is 0. The largest absolute Gasteiger partial charge is 0.478 e. The maximum Gasteiger partial charge on any atom is 0.407 e. The molecule has 1 aromatic carbocycles. The molecule has 0 atom stereocenters. The normalized spacial score (nSPS) is 10.8. The molecule has 0 saturated carbocycles. The van der Waals surface area contributed by atoms with Crippen LogP contribution in [-0.2, 0) is 11.3 Å². The molecular formula is C15H21N3O6. The average molecular weight is 339 g/mol. The van der Waals surface area contributed by atoms with Crippen molar-refractivity contribution in [2.45, 2.75) is 32.9 Å². The standard InChI is InChI=1S/C15H21N3O6/c1-15(2,3)24-14(21)17-8-7-16-11-6-4-5-10(9-18(22)23)12(11)13(19)20/h4-6,16H,7-9H2,1-3H3,(H,17,21)(H,19,20). The van der Waals surface area contributed by atoms with E-state index in [1.807, 2.05) is 0 Å². The highest BCUT2D eigenvalue weighted by molar-refractivity contribution is 5.95. The zero-order valence-electron chi connectivity index (χ0n) is 13.8. The van der Waals surface area contributed by atoms with E-state index in [4.69, 9.17) is 4.74 Å². The van der Waals surface area contributed by atoms with Gasteiger partial charge in [-0.05, 0) is 26.8 Å². The molecule has 1 aromatic rings. The number of carboxylic acids is 1. The van der Waals surface area contributed by atoms with Crippen molar-refractivity contribution in [3.63, 3.8) is 0 Å². The zero-order chi connectivity index (χ0) is 18.3. The number of rotatable bonds is 7. The summed E-state index contributed by atoms with van der Waals surface area (Å²) in [5, 5.41) is 25.3. The Balaban J connectivity index is 2.66. The Labute approximate surface area is 139 Å². The molecule has 0 saturated heterocycles. The van der Waals surface area contributed by atoms with E-state index in [-0.39, 0.29) is 29.9 Å². The van der Waals surface area contributed by atoms with Crippen LogP contribution in [0.4, 0.5) is 10.5 Å². The van der Waals surface area contributed by atoms with Gasteiger partial charge < -0.3 is 20.5 Å². The van der Waals surface area contributed by atoms with Gasteiger partial charge in [-0.15, -0.1) is 0 Å². The summed E-state index contributed by atoms with van der Waals surface area (Å²) in [5.74, 6) is -1.25. The lowest BCUT2D eigenvalue weighted by Crippen LogP contribution is -2.35. The van der Waals surface area contributed by atoms with E-state index in [0.717, 1.165) is 0 Å². The summed E-state index contributed by atoms with van der Waals surface area (Å²) in [4.78, 5) is 32.9. The second-order valence-corrected chi connectivity index (χ2v) is 5.99. The molecule has 0 aromatic heterocycles. The predicted octanol–water partition coefficient (Wildman–Crippen LogP) is 2.10. The van der Waals surface area contributed by atoms with Gasteiger partial charge in [-0.1, -0.05) is 12.1 Å². The summed E-state index contributed by atoms with van der Waals surface area (Å²) in [6, 6.07) is 4.45. The van der Waals surface area contributed by atoms with Crippen LogP contribution < -0.4 is 10.6 Å². The second-order valence-electron chi connectivity index (χ2n) is 5.99. The van der Waals surface area contributed by atoms with Crippen molar-refractivity contribution in [2.24, 2.45) is 0 Å². The van der Waals surface area contributed by atoms with Gasteiger partial charge in [0.15, 0.2) is 0 Å². The number of anilines is 1. The van der Waals surface area contributed by atoms with Gasteiger partial charge in [0, 0.05) is 29.3 Å².